The van der Waals surface area contributed by atoms with Crippen LogP contribution in [0.5, 0.6) is 0 Å². The van der Waals surface area contributed by atoms with Gasteiger partial charge in [-0.1, -0.05) is 41.5 Å². The molecule has 8 atom stereocenters. The molecule has 4 saturated carbocycles. The quantitative estimate of drug-likeness (QED) is 0.545. The van der Waals surface area contributed by atoms with E-state index in [4.69, 9.17) is 0 Å². The van der Waals surface area contributed by atoms with Crippen LogP contribution in [-0.2, 0) is 9.59 Å². The zero-order valence-corrected chi connectivity index (χ0v) is 20.3. The minimum absolute atomic E-state index is 0.162. The zero-order valence-electron chi connectivity index (χ0n) is 20.3. The Morgan fingerprint density at radius 1 is 0.933 bits per heavy atom. The first-order valence-electron chi connectivity index (χ1n) is 12.5. The minimum Gasteiger partial charge on any atom is -0.481 e. The van der Waals surface area contributed by atoms with Crippen LogP contribution in [0.2, 0.25) is 0 Å². The summed E-state index contributed by atoms with van der Waals surface area (Å²) >= 11 is 0. The molecule has 0 aliphatic heterocycles. The van der Waals surface area contributed by atoms with Crippen LogP contribution in [0, 0.1) is 44.8 Å². The van der Waals surface area contributed by atoms with E-state index in [0.29, 0.717) is 34.4 Å². The zero-order chi connectivity index (χ0) is 22.2. The van der Waals surface area contributed by atoms with Crippen molar-refractivity contribution in [2.75, 3.05) is 0 Å². The molecule has 4 aliphatic rings. The Morgan fingerprint density at radius 3 is 2.30 bits per heavy atom. The van der Waals surface area contributed by atoms with Crippen molar-refractivity contribution >= 4 is 11.8 Å². The summed E-state index contributed by atoms with van der Waals surface area (Å²) in [5, 5.41) is 9.24. The Bertz CT molecular complexity index is 744. The highest BCUT2D eigenvalue weighted by Gasteiger charge is 2.67. The standard InChI is InChI=1S/C27H44O3/c1-18-19(28)7-8-20-25(18,4)12-9-21-26(20,5)15-14-24(3)17-23(2,11-10-22(29)30)13-16-27(21,24)6/h18,20-21H,7-17H2,1-6H3,(H,29,30). The number of hydrogen-bond acceptors (Lipinski definition) is 2. The Labute approximate surface area is 183 Å². The second kappa shape index (κ2) is 6.82. The van der Waals surface area contributed by atoms with Crippen molar-refractivity contribution in [3.05, 3.63) is 0 Å². The number of rotatable bonds is 3. The third kappa shape index (κ3) is 2.96. The summed E-state index contributed by atoms with van der Waals surface area (Å²) in [4.78, 5) is 23.8. The molecule has 4 aliphatic carbocycles. The van der Waals surface area contributed by atoms with E-state index < -0.39 is 5.97 Å². The number of hydrogen-bond donors (Lipinski definition) is 1. The van der Waals surface area contributed by atoms with Crippen molar-refractivity contribution in [1.82, 2.24) is 0 Å². The van der Waals surface area contributed by atoms with Gasteiger partial charge in [-0.05, 0) is 96.7 Å². The summed E-state index contributed by atoms with van der Waals surface area (Å²) in [6, 6.07) is 0. The first kappa shape index (κ1) is 22.3. The Morgan fingerprint density at radius 2 is 1.63 bits per heavy atom. The molecule has 1 N–H and O–H groups in total. The average molecular weight is 417 g/mol. The first-order valence-corrected chi connectivity index (χ1v) is 12.5. The van der Waals surface area contributed by atoms with Gasteiger partial charge in [0.15, 0.2) is 0 Å². The number of carbonyl (C=O) groups is 2. The van der Waals surface area contributed by atoms with Crippen LogP contribution in [0.15, 0.2) is 0 Å². The van der Waals surface area contributed by atoms with Crippen LogP contribution in [0.3, 0.4) is 0 Å². The minimum atomic E-state index is -0.654. The molecule has 3 heteroatoms. The molecule has 0 aromatic heterocycles. The van der Waals surface area contributed by atoms with Crippen molar-refractivity contribution < 1.29 is 14.7 Å². The van der Waals surface area contributed by atoms with E-state index in [1.807, 2.05) is 0 Å². The van der Waals surface area contributed by atoms with Gasteiger partial charge in [0.05, 0.1) is 0 Å². The molecular weight excluding hydrogens is 372 g/mol. The van der Waals surface area contributed by atoms with E-state index in [1.54, 1.807) is 0 Å². The summed E-state index contributed by atoms with van der Waals surface area (Å²) in [5.74, 6) is 1.44. The molecule has 0 aromatic carbocycles. The Hall–Kier alpha value is -0.860. The molecule has 4 rings (SSSR count). The van der Waals surface area contributed by atoms with E-state index in [2.05, 4.69) is 41.5 Å². The highest BCUT2D eigenvalue weighted by Crippen LogP contribution is 2.75. The fourth-order valence-corrected chi connectivity index (χ4v) is 9.63. The molecule has 30 heavy (non-hydrogen) atoms. The van der Waals surface area contributed by atoms with Gasteiger partial charge >= 0.3 is 5.97 Å². The second-order valence-corrected chi connectivity index (χ2v) is 13.2. The largest absolute Gasteiger partial charge is 0.481 e. The van der Waals surface area contributed by atoms with Crippen molar-refractivity contribution in [3.63, 3.8) is 0 Å². The van der Waals surface area contributed by atoms with Crippen LogP contribution in [-0.4, -0.2) is 16.9 Å². The van der Waals surface area contributed by atoms with E-state index in [1.165, 1.54) is 38.5 Å². The van der Waals surface area contributed by atoms with Crippen LogP contribution >= 0.6 is 0 Å². The van der Waals surface area contributed by atoms with Gasteiger partial charge in [-0.3, -0.25) is 9.59 Å². The van der Waals surface area contributed by atoms with Crippen LogP contribution in [0.1, 0.15) is 112 Å². The lowest BCUT2D eigenvalue weighted by molar-refractivity contribution is -0.225. The monoisotopic (exact) mass is 416 g/mol. The first-order chi connectivity index (χ1) is 13.8. The molecule has 3 nitrogen and oxygen atoms in total. The highest BCUT2D eigenvalue weighted by atomic mass is 16.4. The molecule has 0 amide bonds. The highest BCUT2D eigenvalue weighted by molar-refractivity contribution is 5.82. The maximum absolute atomic E-state index is 12.6. The molecule has 0 spiro atoms. The maximum Gasteiger partial charge on any atom is 0.303 e. The molecule has 0 saturated heterocycles. The van der Waals surface area contributed by atoms with Gasteiger partial charge in [-0.25, -0.2) is 0 Å². The normalized spacial score (nSPS) is 53.4. The second-order valence-electron chi connectivity index (χ2n) is 13.2. The number of carboxylic acids is 1. The number of carbonyl (C=O) groups excluding carboxylic acids is 1. The van der Waals surface area contributed by atoms with Crippen LogP contribution in [0.25, 0.3) is 0 Å². The number of aliphatic carboxylic acids is 1. The predicted octanol–water partition coefficient (Wildman–Crippen LogP) is 6.89. The van der Waals surface area contributed by atoms with Gasteiger partial charge < -0.3 is 5.11 Å². The van der Waals surface area contributed by atoms with E-state index in [9.17, 15) is 14.7 Å². The molecular formula is C27H44O3. The van der Waals surface area contributed by atoms with Crippen molar-refractivity contribution in [3.8, 4) is 0 Å². The maximum atomic E-state index is 12.6. The third-order valence-electron chi connectivity index (χ3n) is 11.9. The summed E-state index contributed by atoms with van der Waals surface area (Å²) in [5.41, 5.74) is 1.30. The molecule has 0 bridgehead atoms. The van der Waals surface area contributed by atoms with Crippen molar-refractivity contribution in [2.45, 2.75) is 112 Å². The summed E-state index contributed by atoms with van der Waals surface area (Å²) in [6.07, 6.45) is 11.6. The Balaban J connectivity index is 1.64. The lowest BCUT2D eigenvalue weighted by Gasteiger charge is -2.72. The Kier molecular flexibility index (Phi) is 5.08. The molecule has 0 heterocycles. The van der Waals surface area contributed by atoms with E-state index in [0.717, 1.165) is 31.6 Å². The fourth-order valence-electron chi connectivity index (χ4n) is 9.63. The molecule has 8 unspecified atom stereocenters. The van der Waals surface area contributed by atoms with E-state index in [-0.39, 0.29) is 16.7 Å². The lowest BCUT2D eigenvalue weighted by atomic mass is 9.33. The van der Waals surface area contributed by atoms with Crippen LogP contribution in [0.4, 0.5) is 0 Å². The van der Waals surface area contributed by atoms with Gasteiger partial charge in [0.25, 0.3) is 0 Å². The number of fused-ring (bicyclic) bond motifs is 5. The topological polar surface area (TPSA) is 54.4 Å². The summed E-state index contributed by atoms with van der Waals surface area (Å²) in [7, 11) is 0. The lowest BCUT2D eigenvalue weighted by Crippen LogP contribution is -2.64. The number of Topliss-reactive ketones (excluding diaryl/α,β-unsaturated/α-hetero) is 1. The van der Waals surface area contributed by atoms with Crippen molar-refractivity contribution in [1.29, 1.82) is 0 Å². The van der Waals surface area contributed by atoms with Gasteiger partial charge in [-0.15, -0.1) is 0 Å². The molecule has 0 radical (unpaired) electrons. The van der Waals surface area contributed by atoms with Crippen LogP contribution < -0.4 is 0 Å². The summed E-state index contributed by atoms with van der Waals surface area (Å²) < 4.78 is 0. The fraction of sp³-hybridized carbons (Fsp3) is 0.926. The van der Waals surface area contributed by atoms with Gasteiger partial charge in [0.2, 0.25) is 0 Å². The predicted molar refractivity (Wildman–Crippen MR) is 120 cm³/mol. The third-order valence-corrected chi connectivity index (χ3v) is 11.9. The SMILES string of the molecule is CC1C(=O)CCC2C1(C)CCC1C2(C)CCC2(C)CC(C)(CCC(=O)O)CCC12C. The smallest absolute Gasteiger partial charge is 0.303 e. The van der Waals surface area contributed by atoms with Gasteiger partial charge in [0.1, 0.15) is 5.78 Å². The average Bonchev–Trinajstić information content (AvgIpc) is 2.66. The van der Waals surface area contributed by atoms with Gasteiger partial charge in [0, 0.05) is 18.8 Å². The number of carboxylic acid groups (broad SMARTS) is 1. The number of ketones is 1. The van der Waals surface area contributed by atoms with Gasteiger partial charge in [-0.2, -0.15) is 0 Å². The van der Waals surface area contributed by atoms with Crippen molar-refractivity contribution in [2.24, 2.45) is 44.8 Å². The molecule has 0 aromatic rings. The van der Waals surface area contributed by atoms with E-state index >= 15 is 0 Å². The summed E-state index contributed by atoms with van der Waals surface area (Å²) in [6.45, 7) is 14.7. The molecule has 170 valence electrons. The molecule has 4 fully saturated rings.